The molecule has 0 bridgehead atoms. The van der Waals surface area contributed by atoms with Gasteiger partial charge in [0.1, 0.15) is 25.1 Å². The Labute approximate surface area is 177 Å². The standard InChI is InChI=1S/C20H25N3O3.HI/c1-21-20(23(2)12-13-24-16-8-4-3-5-9-16)22-14-17-15-25-18-10-6-7-11-19(18)26-17;/h3-11,17H,12-15H2,1-2H3,(H,21,22);1H. The summed E-state index contributed by atoms with van der Waals surface area (Å²) in [6.45, 7) is 2.43. The van der Waals surface area contributed by atoms with Gasteiger partial charge in [0.25, 0.3) is 0 Å². The van der Waals surface area contributed by atoms with Gasteiger partial charge >= 0.3 is 0 Å². The molecule has 7 heteroatoms. The first-order valence-electron chi connectivity index (χ1n) is 8.74. The van der Waals surface area contributed by atoms with Crippen molar-refractivity contribution in [3.05, 3.63) is 54.6 Å². The monoisotopic (exact) mass is 483 g/mol. The molecule has 0 fully saturated rings. The Kier molecular flexibility index (Phi) is 8.50. The van der Waals surface area contributed by atoms with Crippen LogP contribution in [0.25, 0.3) is 0 Å². The van der Waals surface area contributed by atoms with E-state index in [0.29, 0.717) is 19.8 Å². The highest BCUT2D eigenvalue weighted by atomic mass is 127. The van der Waals surface area contributed by atoms with Crippen LogP contribution in [0, 0.1) is 0 Å². The largest absolute Gasteiger partial charge is 0.492 e. The van der Waals surface area contributed by atoms with E-state index in [1.54, 1.807) is 7.05 Å². The molecule has 2 aromatic carbocycles. The number of likely N-dealkylation sites (N-methyl/N-ethyl adjacent to an activating group) is 1. The van der Waals surface area contributed by atoms with Crippen LogP contribution in [0.1, 0.15) is 0 Å². The van der Waals surface area contributed by atoms with Crippen molar-refractivity contribution in [1.29, 1.82) is 0 Å². The van der Waals surface area contributed by atoms with Gasteiger partial charge in [0.2, 0.25) is 0 Å². The zero-order chi connectivity index (χ0) is 18.2. The summed E-state index contributed by atoms with van der Waals surface area (Å²) < 4.78 is 17.4. The van der Waals surface area contributed by atoms with E-state index in [9.17, 15) is 0 Å². The normalized spacial score (nSPS) is 15.5. The Morgan fingerprint density at radius 1 is 1.15 bits per heavy atom. The van der Waals surface area contributed by atoms with E-state index in [2.05, 4.69) is 10.3 Å². The van der Waals surface area contributed by atoms with Crippen LogP contribution < -0.4 is 19.5 Å². The summed E-state index contributed by atoms with van der Waals surface area (Å²) in [6.07, 6.45) is -0.0596. The molecule has 1 N–H and O–H groups in total. The molecule has 0 saturated carbocycles. The van der Waals surface area contributed by atoms with Gasteiger partial charge in [-0.15, -0.1) is 24.0 Å². The van der Waals surface area contributed by atoms with E-state index in [1.165, 1.54) is 0 Å². The van der Waals surface area contributed by atoms with E-state index in [0.717, 1.165) is 29.8 Å². The highest BCUT2D eigenvalue weighted by Gasteiger charge is 2.21. The van der Waals surface area contributed by atoms with Gasteiger partial charge in [-0.2, -0.15) is 0 Å². The number of benzene rings is 2. The summed E-state index contributed by atoms with van der Waals surface area (Å²) in [6, 6.07) is 17.5. The molecule has 1 aliphatic rings. The van der Waals surface area contributed by atoms with Crippen LogP contribution in [-0.4, -0.2) is 57.4 Å². The first-order chi connectivity index (χ1) is 12.8. The molecule has 1 unspecified atom stereocenters. The molecule has 2 aromatic rings. The minimum Gasteiger partial charge on any atom is -0.492 e. The lowest BCUT2D eigenvalue weighted by atomic mass is 10.2. The zero-order valence-corrected chi connectivity index (χ0v) is 18.0. The summed E-state index contributed by atoms with van der Waals surface area (Å²) in [7, 11) is 3.75. The fourth-order valence-corrected chi connectivity index (χ4v) is 2.68. The highest BCUT2D eigenvalue weighted by Crippen LogP contribution is 2.30. The molecule has 0 aliphatic carbocycles. The molecule has 0 radical (unpaired) electrons. The fourth-order valence-electron chi connectivity index (χ4n) is 2.68. The SMILES string of the molecule is CN=C(NCC1COc2ccccc2O1)N(C)CCOc1ccccc1.I. The van der Waals surface area contributed by atoms with Gasteiger partial charge in [-0.25, -0.2) is 0 Å². The van der Waals surface area contributed by atoms with Crippen molar-refractivity contribution in [2.45, 2.75) is 6.10 Å². The number of halogens is 1. The van der Waals surface area contributed by atoms with Crippen molar-refractivity contribution in [3.8, 4) is 17.2 Å². The molecular weight excluding hydrogens is 457 g/mol. The lowest BCUT2D eigenvalue weighted by molar-refractivity contribution is 0.0931. The maximum Gasteiger partial charge on any atom is 0.193 e. The van der Waals surface area contributed by atoms with Gasteiger partial charge in [-0.1, -0.05) is 30.3 Å². The van der Waals surface area contributed by atoms with Gasteiger partial charge < -0.3 is 24.4 Å². The fraction of sp³-hybridized carbons (Fsp3) is 0.350. The number of rotatable bonds is 6. The molecule has 1 heterocycles. The molecule has 0 aromatic heterocycles. The highest BCUT2D eigenvalue weighted by molar-refractivity contribution is 14.0. The predicted octanol–water partition coefficient (Wildman–Crippen LogP) is 3.03. The first kappa shape index (κ1) is 21.1. The number of hydrogen-bond donors (Lipinski definition) is 1. The van der Waals surface area contributed by atoms with Crippen molar-refractivity contribution in [2.24, 2.45) is 4.99 Å². The van der Waals surface area contributed by atoms with Crippen molar-refractivity contribution in [3.63, 3.8) is 0 Å². The van der Waals surface area contributed by atoms with Gasteiger partial charge in [-0.3, -0.25) is 4.99 Å². The third-order valence-electron chi connectivity index (χ3n) is 4.07. The third kappa shape index (κ3) is 6.20. The van der Waals surface area contributed by atoms with Crippen LogP contribution in [0.3, 0.4) is 0 Å². The summed E-state index contributed by atoms with van der Waals surface area (Å²) in [5.41, 5.74) is 0. The minimum absolute atomic E-state index is 0. The summed E-state index contributed by atoms with van der Waals surface area (Å²) in [4.78, 5) is 6.35. The molecule has 6 nitrogen and oxygen atoms in total. The van der Waals surface area contributed by atoms with E-state index < -0.39 is 0 Å². The Bertz CT molecular complexity index is 727. The van der Waals surface area contributed by atoms with Crippen LogP contribution in [0.5, 0.6) is 17.2 Å². The molecule has 1 atom stereocenters. The van der Waals surface area contributed by atoms with E-state index in [1.807, 2.05) is 66.5 Å². The number of aliphatic imine (C=N–C) groups is 1. The number of guanidine groups is 1. The summed E-state index contributed by atoms with van der Waals surface area (Å²) in [5.74, 6) is 3.24. The number of hydrogen-bond acceptors (Lipinski definition) is 4. The lowest BCUT2D eigenvalue weighted by Crippen LogP contribution is -2.46. The maximum absolute atomic E-state index is 5.96. The van der Waals surface area contributed by atoms with Crippen LogP contribution in [0.4, 0.5) is 0 Å². The van der Waals surface area contributed by atoms with Gasteiger partial charge in [0.15, 0.2) is 17.5 Å². The second-order valence-corrected chi connectivity index (χ2v) is 6.01. The number of ether oxygens (including phenoxy) is 3. The van der Waals surface area contributed by atoms with Crippen molar-refractivity contribution in [2.75, 3.05) is 40.4 Å². The number of para-hydroxylation sites is 3. The smallest absolute Gasteiger partial charge is 0.193 e. The molecule has 0 amide bonds. The van der Waals surface area contributed by atoms with Crippen molar-refractivity contribution >= 4 is 29.9 Å². The Balaban J connectivity index is 0.00000261. The predicted molar refractivity (Wildman–Crippen MR) is 118 cm³/mol. The quantitative estimate of drug-likeness (QED) is 0.389. The summed E-state index contributed by atoms with van der Waals surface area (Å²) in [5, 5.41) is 3.33. The molecular formula is C20H26IN3O3. The van der Waals surface area contributed by atoms with Crippen LogP contribution in [0.2, 0.25) is 0 Å². The van der Waals surface area contributed by atoms with E-state index >= 15 is 0 Å². The molecule has 146 valence electrons. The lowest BCUT2D eigenvalue weighted by Gasteiger charge is -2.28. The minimum atomic E-state index is -0.0596. The molecule has 1 aliphatic heterocycles. The van der Waals surface area contributed by atoms with Crippen LogP contribution in [-0.2, 0) is 0 Å². The van der Waals surface area contributed by atoms with Crippen LogP contribution >= 0.6 is 24.0 Å². The number of nitrogens with one attached hydrogen (secondary N) is 1. The average Bonchev–Trinajstić information content (AvgIpc) is 2.69. The molecule has 0 spiro atoms. The van der Waals surface area contributed by atoms with Gasteiger partial charge in [0.05, 0.1) is 13.1 Å². The van der Waals surface area contributed by atoms with Crippen LogP contribution in [0.15, 0.2) is 59.6 Å². The number of fused-ring (bicyclic) bond motifs is 1. The summed E-state index contributed by atoms with van der Waals surface area (Å²) >= 11 is 0. The second kappa shape index (κ2) is 10.9. The topological polar surface area (TPSA) is 55.3 Å². The zero-order valence-electron chi connectivity index (χ0n) is 15.6. The first-order valence-corrected chi connectivity index (χ1v) is 8.74. The van der Waals surface area contributed by atoms with Crippen molar-refractivity contribution < 1.29 is 14.2 Å². The van der Waals surface area contributed by atoms with Gasteiger partial charge in [-0.05, 0) is 24.3 Å². The Morgan fingerprint density at radius 3 is 2.59 bits per heavy atom. The Morgan fingerprint density at radius 2 is 1.85 bits per heavy atom. The van der Waals surface area contributed by atoms with E-state index in [-0.39, 0.29) is 30.1 Å². The second-order valence-electron chi connectivity index (χ2n) is 6.01. The van der Waals surface area contributed by atoms with E-state index in [4.69, 9.17) is 14.2 Å². The number of nitrogens with zero attached hydrogens (tertiary/aromatic N) is 2. The molecule has 27 heavy (non-hydrogen) atoms. The third-order valence-corrected chi connectivity index (χ3v) is 4.07. The average molecular weight is 483 g/mol. The van der Waals surface area contributed by atoms with Crippen molar-refractivity contribution in [1.82, 2.24) is 10.2 Å². The molecule has 0 saturated heterocycles. The molecule has 3 rings (SSSR count). The maximum atomic E-state index is 5.96. The van der Waals surface area contributed by atoms with Gasteiger partial charge in [0, 0.05) is 14.1 Å². The Hall–Kier alpha value is -2.16.